The van der Waals surface area contributed by atoms with Crippen molar-refractivity contribution in [3.63, 3.8) is 0 Å². The summed E-state index contributed by atoms with van der Waals surface area (Å²) in [6.45, 7) is 0.445. The zero-order valence-corrected chi connectivity index (χ0v) is 9.16. The molecule has 0 aliphatic heterocycles. The molecule has 0 saturated heterocycles. The summed E-state index contributed by atoms with van der Waals surface area (Å²) in [4.78, 5) is 11.1. The molecule has 84 valence electrons. The van der Waals surface area contributed by atoms with Gasteiger partial charge in [-0.2, -0.15) is 11.8 Å². The molecule has 0 spiro atoms. The second-order valence-corrected chi connectivity index (χ2v) is 4.36. The van der Waals surface area contributed by atoms with E-state index in [1.807, 2.05) is 13.2 Å². The molecule has 1 atom stereocenters. The van der Waals surface area contributed by atoms with Crippen molar-refractivity contribution >= 4 is 17.7 Å². The second-order valence-electron chi connectivity index (χ2n) is 3.09. The van der Waals surface area contributed by atoms with Crippen molar-refractivity contribution in [1.82, 2.24) is 5.32 Å². The van der Waals surface area contributed by atoms with E-state index in [0.717, 1.165) is 0 Å². The number of thioether (sulfide) groups is 1. The van der Waals surface area contributed by atoms with Gasteiger partial charge >= 0.3 is 0 Å². The van der Waals surface area contributed by atoms with E-state index in [2.05, 4.69) is 5.32 Å². The molecule has 0 aromatic carbocycles. The molecule has 0 aliphatic carbocycles. The number of carbonyl (C=O) groups excluding carboxylic acids is 1. The molecule has 0 aromatic heterocycles. The van der Waals surface area contributed by atoms with Crippen LogP contribution in [0.3, 0.4) is 0 Å². The van der Waals surface area contributed by atoms with E-state index in [1.54, 1.807) is 0 Å². The molecule has 1 amide bonds. The van der Waals surface area contributed by atoms with Crippen molar-refractivity contribution < 1.29 is 13.6 Å². The molecular formula is C8H16F2N2OS. The number of amides is 1. The average molecular weight is 226 g/mol. The van der Waals surface area contributed by atoms with Crippen molar-refractivity contribution in [3.05, 3.63) is 0 Å². The number of nitrogens with one attached hydrogen (secondary N) is 1. The molecule has 3 N–H and O–H groups in total. The molecular weight excluding hydrogens is 210 g/mol. The van der Waals surface area contributed by atoms with Crippen LogP contribution in [0, 0.1) is 0 Å². The number of carbonyl (C=O) groups is 1. The summed E-state index contributed by atoms with van der Waals surface area (Å²) in [7, 11) is 0. The van der Waals surface area contributed by atoms with E-state index >= 15 is 0 Å². The number of nitrogens with two attached hydrogens (primary N) is 1. The lowest BCUT2D eigenvalue weighted by atomic mass is 10.3. The van der Waals surface area contributed by atoms with Gasteiger partial charge in [0.2, 0.25) is 5.91 Å². The Bertz CT molecular complexity index is 190. The van der Waals surface area contributed by atoms with Gasteiger partial charge in [-0.3, -0.25) is 4.79 Å². The van der Waals surface area contributed by atoms with Crippen LogP contribution >= 0.6 is 11.8 Å². The summed E-state index contributed by atoms with van der Waals surface area (Å²) in [5.41, 5.74) is 4.81. The van der Waals surface area contributed by atoms with Crippen LogP contribution in [0.25, 0.3) is 0 Å². The van der Waals surface area contributed by atoms with E-state index in [0.29, 0.717) is 0 Å². The fourth-order valence-corrected chi connectivity index (χ4v) is 1.03. The lowest BCUT2D eigenvalue weighted by molar-refractivity contribution is -0.122. The normalized spacial score (nSPS) is 13.8. The van der Waals surface area contributed by atoms with Crippen LogP contribution in [0.5, 0.6) is 0 Å². The SMILES string of the molecule is CSC(C)CC(=O)NCC(F)(F)CN. The lowest BCUT2D eigenvalue weighted by Gasteiger charge is -2.15. The van der Waals surface area contributed by atoms with Gasteiger partial charge in [-0.25, -0.2) is 8.78 Å². The first kappa shape index (κ1) is 13.6. The first-order valence-corrected chi connectivity index (χ1v) is 5.57. The fourth-order valence-electron chi connectivity index (χ4n) is 0.717. The molecule has 0 aliphatic rings. The Morgan fingerprint density at radius 3 is 2.64 bits per heavy atom. The number of hydrogen-bond donors (Lipinski definition) is 2. The molecule has 14 heavy (non-hydrogen) atoms. The second kappa shape index (κ2) is 6.19. The third-order valence-electron chi connectivity index (χ3n) is 1.72. The van der Waals surface area contributed by atoms with E-state index in [-0.39, 0.29) is 17.6 Å². The largest absolute Gasteiger partial charge is 0.350 e. The maximum atomic E-state index is 12.6. The predicted octanol–water partition coefficient (Wildman–Crippen LogP) is 0.838. The van der Waals surface area contributed by atoms with Crippen molar-refractivity contribution in [3.8, 4) is 0 Å². The van der Waals surface area contributed by atoms with Gasteiger partial charge in [-0.05, 0) is 6.26 Å². The van der Waals surface area contributed by atoms with Crippen molar-refractivity contribution in [2.45, 2.75) is 24.5 Å². The maximum Gasteiger partial charge on any atom is 0.277 e. The summed E-state index contributed by atoms with van der Waals surface area (Å²) in [5.74, 6) is -3.36. The van der Waals surface area contributed by atoms with E-state index in [1.165, 1.54) is 11.8 Å². The Labute approximate surface area is 86.8 Å². The van der Waals surface area contributed by atoms with E-state index in [4.69, 9.17) is 5.73 Å². The van der Waals surface area contributed by atoms with E-state index in [9.17, 15) is 13.6 Å². The van der Waals surface area contributed by atoms with Gasteiger partial charge in [0.05, 0.1) is 13.1 Å². The predicted molar refractivity (Wildman–Crippen MR) is 54.6 cm³/mol. The number of rotatable bonds is 6. The average Bonchev–Trinajstić information content (AvgIpc) is 2.15. The Kier molecular flexibility index (Phi) is 6.03. The third kappa shape index (κ3) is 6.15. The molecule has 1 unspecified atom stereocenters. The molecule has 0 bridgehead atoms. The Balaban J connectivity index is 3.74. The molecule has 0 radical (unpaired) electrons. The summed E-state index contributed by atoms with van der Waals surface area (Å²) < 4.78 is 25.2. The lowest BCUT2D eigenvalue weighted by Crippen LogP contribution is -2.41. The van der Waals surface area contributed by atoms with Crippen LogP contribution in [0.4, 0.5) is 8.78 Å². The van der Waals surface area contributed by atoms with Gasteiger partial charge in [0, 0.05) is 11.7 Å². The highest BCUT2D eigenvalue weighted by molar-refractivity contribution is 7.99. The van der Waals surface area contributed by atoms with Crippen LogP contribution < -0.4 is 11.1 Å². The van der Waals surface area contributed by atoms with Gasteiger partial charge in [0.25, 0.3) is 5.92 Å². The van der Waals surface area contributed by atoms with Crippen LogP contribution in [0.1, 0.15) is 13.3 Å². The molecule has 0 saturated carbocycles. The minimum absolute atomic E-state index is 0.140. The zero-order chi connectivity index (χ0) is 11.2. The molecule has 3 nitrogen and oxygen atoms in total. The zero-order valence-electron chi connectivity index (χ0n) is 8.35. The number of hydrogen-bond acceptors (Lipinski definition) is 3. The standard InChI is InChI=1S/C8H16F2N2OS/c1-6(14-2)3-7(13)12-5-8(9,10)4-11/h6H,3-5,11H2,1-2H3,(H,12,13). The molecule has 6 heteroatoms. The van der Waals surface area contributed by atoms with Crippen LogP contribution in [0.15, 0.2) is 0 Å². The van der Waals surface area contributed by atoms with Crippen molar-refractivity contribution in [1.29, 1.82) is 0 Å². The van der Waals surface area contributed by atoms with Gasteiger partial charge in [-0.1, -0.05) is 6.92 Å². The minimum atomic E-state index is -3.00. The van der Waals surface area contributed by atoms with Gasteiger partial charge in [0.1, 0.15) is 0 Å². The van der Waals surface area contributed by atoms with Crippen molar-refractivity contribution in [2.24, 2.45) is 5.73 Å². The molecule has 0 fully saturated rings. The Hall–Kier alpha value is -0.360. The Morgan fingerprint density at radius 2 is 2.21 bits per heavy atom. The minimum Gasteiger partial charge on any atom is -0.350 e. The third-order valence-corrected chi connectivity index (χ3v) is 2.69. The molecule has 0 heterocycles. The summed E-state index contributed by atoms with van der Waals surface area (Å²) in [6, 6.07) is 0. The fraction of sp³-hybridized carbons (Fsp3) is 0.875. The maximum absolute atomic E-state index is 12.6. The molecule has 0 rings (SSSR count). The highest BCUT2D eigenvalue weighted by atomic mass is 32.2. The first-order chi connectivity index (χ1) is 6.41. The van der Waals surface area contributed by atoms with Crippen LogP contribution in [-0.4, -0.2) is 36.4 Å². The van der Waals surface area contributed by atoms with Crippen LogP contribution in [0.2, 0.25) is 0 Å². The van der Waals surface area contributed by atoms with Gasteiger partial charge in [-0.15, -0.1) is 0 Å². The number of alkyl halides is 2. The first-order valence-electron chi connectivity index (χ1n) is 4.28. The smallest absolute Gasteiger partial charge is 0.277 e. The summed E-state index contributed by atoms with van der Waals surface area (Å²) >= 11 is 1.52. The number of halogens is 2. The summed E-state index contributed by atoms with van der Waals surface area (Å²) in [6.07, 6.45) is 2.12. The Morgan fingerprint density at radius 1 is 1.64 bits per heavy atom. The van der Waals surface area contributed by atoms with Crippen molar-refractivity contribution in [2.75, 3.05) is 19.3 Å². The molecule has 0 aromatic rings. The van der Waals surface area contributed by atoms with Gasteiger partial charge < -0.3 is 11.1 Å². The quantitative estimate of drug-likeness (QED) is 0.705. The summed E-state index contributed by atoms with van der Waals surface area (Å²) in [5, 5.41) is 2.30. The highest BCUT2D eigenvalue weighted by Crippen LogP contribution is 2.11. The van der Waals surface area contributed by atoms with Gasteiger partial charge in [0.15, 0.2) is 0 Å². The monoisotopic (exact) mass is 226 g/mol. The van der Waals surface area contributed by atoms with Crippen LogP contribution in [-0.2, 0) is 4.79 Å². The highest BCUT2D eigenvalue weighted by Gasteiger charge is 2.27. The topological polar surface area (TPSA) is 55.1 Å². The van der Waals surface area contributed by atoms with E-state index < -0.39 is 19.0 Å².